The van der Waals surface area contributed by atoms with Crippen LogP contribution >= 0.6 is 0 Å². The van der Waals surface area contributed by atoms with E-state index in [1.54, 1.807) is 7.11 Å². The van der Waals surface area contributed by atoms with Crippen LogP contribution in [0.3, 0.4) is 0 Å². The monoisotopic (exact) mass is 247 g/mol. The Hall–Kier alpha value is -1.88. The Balaban J connectivity index is 2.24. The molecule has 18 heavy (non-hydrogen) atoms. The van der Waals surface area contributed by atoms with Crippen LogP contribution in [0.2, 0.25) is 0 Å². The summed E-state index contributed by atoms with van der Waals surface area (Å²) < 4.78 is 10.5. The topological polar surface area (TPSA) is 60.2 Å². The lowest BCUT2D eigenvalue weighted by atomic mass is 10.2. The van der Waals surface area contributed by atoms with Crippen molar-refractivity contribution in [3.05, 3.63) is 30.2 Å². The first-order valence-electron chi connectivity index (χ1n) is 5.88. The van der Waals surface area contributed by atoms with Crippen LogP contribution in [0.1, 0.15) is 12.8 Å². The van der Waals surface area contributed by atoms with Crippen molar-refractivity contribution >= 4 is 0 Å². The Labute approximate surface area is 106 Å². The molecule has 0 fully saturated rings. The number of hydrogen-bond acceptors (Lipinski definition) is 5. The molecule has 0 saturated heterocycles. The number of likely N-dealkylation sites (N-methyl/N-ethyl adjacent to an activating group) is 1. The Morgan fingerprint density at radius 1 is 1.39 bits per heavy atom. The van der Waals surface area contributed by atoms with Crippen LogP contribution in [0.25, 0.3) is 11.4 Å². The second-order valence-corrected chi connectivity index (χ2v) is 4.11. The van der Waals surface area contributed by atoms with Crippen molar-refractivity contribution in [1.29, 1.82) is 0 Å². The standard InChI is InChI=1S/C13H17N3O2/c1-9(14-2)8-12-15-13(16-18-12)10-6-4-5-7-11(10)17-3/h4-7,9,14H,8H2,1-3H3. The van der Waals surface area contributed by atoms with Gasteiger partial charge in [-0.25, -0.2) is 0 Å². The molecule has 0 saturated carbocycles. The van der Waals surface area contributed by atoms with E-state index < -0.39 is 0 Å². The maximum atomic E-state index is 5.28. The lowest BCUT2D eigenvalue weighted by molar-refractivity contribution is 0.365. The van der Waals surface area contributed by atoms with Crippen LogP contribution in [-0.2, 0) is 6.42 Å². The van der Waals surface area contributed by atoms with Gasteiger partial charge in [-0.3, -0.25) is 0 Å². The lowest BCUT2D eigenvalue weighted by Gasteiger charge is -2.05. The number of nitrogens with one attached hydrogen (secondary N) is 1. The summed E-state index contributed by atoms with van der Waals surface area (Å²) in [6.45, 7) is 2.06. The van der Waals surface area contributed by atoms with Gasteiger partial charge in [0.2, 0.25) is 11.7 Å². The predicted molar refractivity (Wildman–Crippen MR) is 68.5 cm³/mol. The van der Waals surface area contributed by atoms with Gasteiger partial charge < -0.3 is 14.6 Å². The van der Waals surface area contributed by atoms with Crippen LogP contribution in [0.15, 0.2) is 28.8 Å². The number of ether oxygens (including phenoxy) is 1. The van der Waals surface area contributed by atoms with Gasteiger partial charge >= 0.3 is 0 Å². The highest BCUT2D eigenvalue weighted by Crippen LogP contribution is 2.27. The van der Waals surface area contributed by atoms with E-state index in [4.69, 9.17) is 9.26 Å². The maximum absolute atomic E-state index is 5.28. The zero-order valence-corrected chi connectivity index (χ0v) is 10.8. The molecule has 2 aromatic rings. The van der Waals surface area contributed by atoms with Gasteiger partial charge in [0, 0.05) is 12.5 Å². The van der Waals surface area contributed by atoms with Crippen molar-refractivity contribution in [2.75, 3.05) is 14.2 Å². The summed E-state index contributed by atoms with van der Waals surface area (Å²) >= 11 is 0. The smallest absolute Gasteiger partial charge is 0.228 e. The van der Waals surface area contributed by atoms with Gasteiger partial charge in [-0.1, -0.05) is 17.3 Å². The summed E-state index contributed by atoms with van der Waals surface area (Å²) in [6, 6.07) is 7.92. The average molecular weight is 247 g/mol. The molecule has 0 aliphatic rings. The zero-order chi connectivity index (χ0) is 13.0. The fourth-order valence-electron chi connectivity index (χ4n) is 1.64. The highest BCUT2D eigenvalue weighted by atomic mass is 16.5. The normalized spacial score (nSPS) is 12.4. The van der Waals surface area contributed by atoms with E-state index in [2.05, 4.69) is 22.4 Å². The van der Waals surface area contributed by atoms with E-state index >= 15 is 0 Å². The molecule has 1 heterocycles. The summed E-state index contributed by atoms with van der Waals surface area (Å²) in [6.07, 6.45) is 0.707. The number of benzene rings is 1. The van der Waals surface area contributed by atoms with Crippen molar-refractivity contribution in [2.45, 2.75) is 19.4 Å². The van der Waals surface area contributed by atoms with Gasteiger partial charge in [0.15, 0.2) is 0 Å². The fourth-order valence-corrected chi connectivity index (χ4v) is 1.64. The molecule has 2 rings (SSSR count). The first-order chi connectivity index (χ1) is 8.74. The number of para-hydroxylation sites is 1. The molecule has 5 nitrogen and oxygen atoms in total. The first kappa shape index (κ1) is 12.6. The molecule has 0 radical (unpaired) electrons. The largest absolute Gasteiger partial charge is 0.496 e. The minimum Gasteiger partial charge on any atom is -0.496 e. The van der Waals surface area contributed by atoms with E-state index in [9.17, 15) is 0 Å². The number of methoxy groups -OCH3 is 1. The van der Waals surface area contributed by atoms with E-state index in [1.165, 1.54) is 0 Å². The fraction of sp³-hybridized carbons (Fsp3) is 0.385. The van der Waals surface area contributed by atoms with E-state index in [-0.39, 0.29) is 0 Å². The average Bonchev–Trinajstić information content (AvgIpc) is 2.86. The number of aromatic nitrogens is 2. The number of hydrogen-bond donors (Lipinski definition) is 1. The van der Waals surface area contributed by atoms with Gasteiger partial charge in [0.25, 0.3) is 0 Å². The lowest BCUT2D eigenvalue weighted by Crippen LogP contribution is -2.23. The Bertz CT molecular complexity index is 510. The summed E-state index contributed by atoms with van der Waals surface area (Å²) in [5.41, 5.74) is 0.840. The SMILES string of the molecule is CNC(C)Cc1nc(-c2ccccc2OC)no1. The van der Waals surface area contributed by atoms with Gasteiger partial charge in [-0.15, -0.1) is 0 Å². The number of nitrogens with zero attached hydrogens (tertiary/aromatic N) is 2. The summed E-state index contributed by atoms with van der Waals surface area (Å²) in [4.78, 5) is 4.38. The molecule has 0 aliphatic carbocycles. The molecule has 96 valence electrons. The third kappa shape index (κ3) is 2.68. The van der Waals surface area contributed by atoms with Crippen molar-refractivity contribution in [1.82, 2.24) is 15.5 Å². The Morgan fingerprint density at radius 2 is 2.17 bits per heavy atom. The van der Waals surface area contributed by atoms with Crippen molar-refractivity contribution in [3.63, 3.8) is 0 Å². The van der Waals surface area contributed by atoms with Gasteiger partial charge in [0.05, 0.1) is 12.7 Å². The highest BCUT2D eigenvalue weighted by molar-refractivity contribution is 5.63. The maximum Gasteiger partial charge on any atom is 0.228 e. The molecule has 1 N–H and O–H groups in total. The molecule has 0 bridgehead atoms. The minimum absolute atomic E-state index is 0.302. The van der Waals surface area contributed by atoms with E-state index in [0.717, 1.165) is 11.3 Å². The summed E-state index contributed by atoms with van der Waals surface area (Å²) in [5, 5.41) is 7.12. The minimum atomic E-state index is 0.302. The van der Waals surface area contributed by atoms with E-state index in [0.29, 0.717) is 24.2 Å². The third-order valence-corrected chi connectivity index (χ3v) is 2.79. The summed E-state index contributed by atoms with van der Waals surface area (Å²) in [7, 11) is 3.53. The van der Waals surface area contributed by atoms with Gasteiger partial charge in [-0.2, -0.15) is 4.98 Å². The van der Waals surface area contributed by atoms with Crippen molar-refractivity contribution in [3.8, 4) is 17.1 Å². The second kappa shape index (κ2) is 5.64. The molecular weight excluding hydrogens is 230 g/mol. The van der Waals surface area contributed by atoms with Crippen LogP contribution in [0.4, 0.5) is 0 Å². The van der Waals surface area contributed by atoms with Crippen LogP contribution < -0.4 is 10.1 Å². The quantitative estimate of drug-likeness (QED) is 0.874. The Morgan fingerprint density at radius 3 is 2.89 bits per heavy atom. The molecule has 0 spiro atoms. The molecule has 0 aliphatic heterocycles. The van der Waals surface area contributed by atoms with Crippen LogP contribution in [0, 0.1) is 0 Å². The number of rotatable bonds is 5. The molecule has 1 aromatic carbocycles. The van der Waals surface area contributed by atoms with Gasteiger partial charge in [-0.05, 0) is 26.1 Å². The molecule has 5 heteroatoms. The predicted octanol–water partition coefficient (Wildman–Crippen LogP) is 1.90. The highest BCUT2D eigenvalue weighted by Gasteiger charge is 2.13. The summed E-state index contributed by atoms with van der Waals surface area (Å²) in [5.74, 6) is 1.93. The molecule has 0 amide bonds. The second-order valence-electron chi connectivity index (χ2n) is 4.11. The first-order valence-corrected chi connectivity index (χ1v) is 5.88. The molecule has 1 aromatic heterocycles. The van der Waals surface area contributed by atoms with Crippen LogP contribution in [0.5, 0.6) is 5.75 Å². The molecule has 1 unspecified atom stereocenters. The van der Waals surface area contributed by atoms with Crippen molar-refractivity contribution < 1.29 is 9.26 Å². The Kier molecular flexibility index (Phi) is 3.94. The van der Waals surface area contributed by atoms with E-state index in [1.807, 2.05) is 31.3 Å². The van der Waals surface area contributed by atoms with Crippen LogP contribution in [-0.4, -0.2) is 30.3 Å². The molecular formula is C13H17N3O2. The van der Waals surface area contributed by atoms with Crippen molar-refractivity contribution in [2.24, 2.45) is 0 Å². The zero-order valence-electron chi connectivity index (χ0n) is 10.8. The molecule has 1 atom stereocenters. The van der Waals surface area contributed by atoms with Gasteiger partial charge in [0.1, 0.15) is 5.75 Å². The third-order valence-electron chi connectivity index (χ3n) is 2.79.